The summed E-state index contributed by atoms with van der Waals surface area (Å²) in [5.41, 5.74) is 0.231. The lowest BCUT2D eigenvalue weighted by atomic mass is 10.2. The van der Waals surface area contributed by atoms with Crippen LogP contribution in [0.4, 0.5) is 18.9 Å². The Morgan fingerprint density at radius 2 is 1.94 bits per heavy atom. The Kier molecular flexibility index (Phi) is 4.26. The molecule has 1 amide bonds. The molecule has 1 aromatic carbocycles. The van der Waals surface area contributed by atoms with Crippen LogP contribution in [-0.2, 0) is 4.79 Å². The molecule has 0 aliphatic rings. The van der Waals surface area contributed by atoms with Crippen LogP contribution in [0.1, 0.15) is 13.8 Å². The second-order valence-corrected chi connectivity index (χ2v) is 5.98. The largest absolute Gasteiger partial charge is 0.573 e. The monoisotopic (exact) mass is 325 g/mol. The molecule has 0 heterocycles. The van der Waals surface area contributed by atoms with Gasteiger partial charge in [0, 0.05) is 11.8 Å². The first-order valence-electron chi connectivity index (χ1n) is 4.94. The number of benzene rings is 1. The zero-order valence-electron chi connectivity index (χ0n) is 9.64. The molecule has 18 heavy (non-hydrogen) atoms. The van der Waals surface area contributed by atoms with Crippen molar-refractivity contribution in [3.63, 3.8) is 0 Å². The highest BCUT2D eigenvalue weighted by Gasteiger charge is 2.31. The van der Waals surface area contributed by atoms with Gasteiger partial charge in [-0.3, -0.25) is 4.79 Å². The summed E-state index contributed by atoms with van der Waals surface area (Å²) in [5.74, 6) is -0.751. The van der Waals surface area contributed by atoms with E-state index in [0.717, 1.165) is 12.1 Å². The van der Waals surface area contributed by atoms with Gasteiger partial charge in [-0.15, -0.1) is 13.2 Å². The van der Waals surface area contributed by atoms with E-state index in [1.165, 1.54) is 12.1 Å². The maximum absolute atomic E-state index is 12.0. The number of hydrogen-bond donors (Lipinski definition) is 1. The Balaban J connectivity index is 2.80. The molecule has 0 saturated heterocycles. The summed E-state index contributed by atoms with van der Waals surface area (Å²) in [5, 5.41) is 2.47. The number of carbonyl (C=O) groups is 1. The minimum atomic E-state index is -4.75. The summed E-state index contributed by atoms with van der Waals surface area (Å²) in [6, 6.07) is 5.09. The molecule has 0 atom stereocenters. The topological polar surface area (TPSA) is 38.3 Å². The normalized spacial score (nSPS) is 12.1. The van der Waals surface area contributed by atoms with Crippen LogP contribution in [0.15, 0.2) is 24.3 Å². The summed E-state index contributed by atoms with van der Waals surface area (Å²) < 4.78 is 39.0. The van der Waals surface area contributed by atoms with Gasteiger partial charge in [0.25, 0.3) is 0 Å². The molecule has 0 aliphatic heterocycles. The molecule has 0 bridgehead atoms. The number of rotatable bonds is 3. The van der Waals surface area contributed by atoms with Gasteiger partial charge in [0.1, 0.15) is 5.75 Å². The highest BCUT2D eigenvalue weighted by atomic mass is 79.9. The molecule has 1 rings (SSSR count). The molecule has 1 aromatic rings. The molecule has 7 heteroatoms. The number of nitrogens with one attached hydrogen (secondary N) is 1. The lowest BCUT2D eigenvalue weighted by Crippen LogP contribution is -2.30. The van der Waals surface area contributed by atoms with E-state index >= 15 is 0 Å². The third-order valence-electron chi connectivity index (χ3n) is 1.87. The summed E-state index contributed by atoms with van der Waals surface area (Å²) >= 11 is 3.15. The summed E-state index contributed by atoms with van der Waals surface area (Å²) in [6.45, 7) is 3.25. The number of amides is 1. The molecular formula is C11H11BrF3NO2. The Labute approximate surface area is 110 Å². The average Bonchev–Trinajstić information content (AvgIpc) is 2.13. The SMILES string of the molecule is CC(C)(Br)C(=O)Nc1cccc(OC(F)(F)F)c1. The van der Waals surface area contributed by atoms with Gasteiger partial charge in [-0.1, -0.05) is 22.0 Å². The van der Waals surface area contributed by atoms with Gasteiger partial charge < -0.3 is 10.1 Å². The predicted octanol–water partition coefficient (Wildman–Crippen LogP) is 3.70. The first kappa shape index (κ1) is 14.8. The lowest BCUT2D eigenvalue weighted by molar-refractivity contribution is -0.274. The molecular weight excluding hydrogens is 315 g/mol. The van der Waals surface area contributed by atoms with Crippen molar-refractivity contribution in [1.82, 2.24) is 0 Å². The lowest BCUT2D eigenvalue weighted by Gasteiger charge is -2.16. The predicted molar refractivity (Wildman–Crippen MR) is 64.8 cm³/mol. The highest BCUT2D eigenvalue weighted by Crippen LogP contribution is 2.26. The molecule has 3 nitrogen and oxygen atoms in total. The molecule has 0 aromatic heterocycles. The van der Waals surface area contributed by atoms with E-state index in [0.29, 0.717) is 0 Å². The second-order valence-electron chi connectivity index (χ2n) is 4.00. The molecule has 0 unspecified atom stereocenters. The van der Waals surface area contributed by atoms with Gasteiger partial charge in [0.2, 0.25) is 5.91 Å². The fourth-order valence-electron chi connectivity index (χ4n) is 1.05. The second kappa shape index (κ2) is 5.17. The van der Waals surface area contributed by atoms with Gasteiger partial charge in [0.05, 0.1) is 4.32 Å². The first-order chi connectivity index (χ1) is 8.08. The molecule has 1 N–H and O–H groups in total. The fourth-order valence-corrected chi connectivity index (χ4v) is 1.15. The summed E-state index contributed by atoms with van der Waals surface area (Å²) in [7, 11) is 0. The van der Waals surface area contributed by atoms with Crippen molar-refractivity contribution in [2.24, 2.45) is 0 Å². The third kappa shape index (κ3) is 4.95. The zero-order chi connectivity index (χ0) is 14.0. The Bertz CT molecular complexity index is 441. The molecule has 0 fully saturated rings. The molecule has 0 spiro atoms. The minimum absolute atomic E-state index is 0.231. The number of carbonyl (C=O) groups excluding carboxylic acids is 1. The number of halogens is 4. The van der Waals surface area contributed by atoms with Crippen LogP contribution >= 0.6 is 15.9 Å². The fraction of sp³-hybridized carbons (Fsp3) is 0.364. The maximum Gasteiger partial charge on any atom is 0.573 e. The quantitative estimate of drug-likeness (QED) is 0.860. The van der Waals surface area contributed by atoms with E-state index in [1.54, 1.807) is 13.8 Å². The number of ether oxygens (including phenoxy) is 1. The van der Waals surface area contributed by atoms with Gasteiger partial charge in [0.15, 0.2) is 0 Å². The standard InChI is InChI=1S/C11H11BrF3NO2/c1-10(2,12)9(17)16-7-4-3-5-8(6-7)18-11(13,14)15/h3-6H,1-2H3,(H,16,17). The Morgan fingerprint density at radius 1 is 1.33 bits per heavy atom. The van der Waals surface area contributed by atoms with Crippen molar-refractivity contribution in [1.29, 1.82) is 0 Å². The van der Waals surface area contributed by atoms with Crippen molar-refractivity contribution in [2.75, 3.05) is 5.32 Å². The van der Waals surface area contributed by atoms with Crippen LogP contribution in [0.2, 0.25) is 0 Å². The van der Waals surface area contributed by atoms with E-state index in [9.17, 15) is 18.0 Å². The zero-order valence-corrected chi connectivity index (χ0v) is 11.2. The van der Waals surface area contributed by atoms with Crippen molar-refractivity contribution in [3.05, 3.63) is 24.3 Å². The van der Waals surface area contributed by atoms with Crippen LogP contribution in [0.3, 0.4) is 0 Å². The van der Waals surface area contributed by atoms with Gasteiger partial charge in [-0.25, -0.2) is 0 Å². The highest BCUT2D eigenvalue weighted by molar-refractivity contribution is 9.10. The van der Waals surface area contributed by atoms with E-state index < -0.39 is 10.7 Å². The van der Waals surface area contributed by atoms with E-state index in [1.807, 2.05) is 0 Å². The van der Waals surface area contributed by atoms with Crippen molar-refractivity contribution in [3.8, 4) is 5.75 Å². The molecule has 0 radical (unpaired) electrons. The molecule has 100 valence electrons. The number of alkyl halides is 4. The van der Waals surface area contributed by atoms with Crippen LogP contribution in [-0.4, -0.2) is 16.6 Å². The maximum atomic E-state index is 12.0. The average molecular weight is 326 g/mol. The van der Waals surface area contributed by atoms with Crippen LogP contribution in [0.5, 0.6) is 5.75 Å². The summed E-state index contributed by atoms with van der Waals surface area (Å²) in [4.78, 5) is 11.6. The van der Waals surface area contributed by atoms with Gasteiger partial charge >= 0.3 is 6.36 Å². The van der Waals surface area contributed by atoms with Crippen LogP contribution < -0.4 is 10.1 Å². The van der Waals surface area contributed by atoms with Crippen LogP contribution in [0.25, 0.3) is 0 Å². The van der Waals surface area contributed by atoms with Gasteiger partial charge in [-0.05, 0) is 26.0 Å². The van der Waals surface area contributed by atoms with E-state index in [4.69, 9.17) is 0 Å². The van der Waals surface area contributed by atoms with Gasteiger partial charge in [-0.2, -0.15) is 0 Å². The van der Waals surface area contributed by atoms with E-state index in [2.05, 4.69) is 26.0 Å². The van der Waals surface area contributed by atoms with Crippen molar-refractivity contribution < 1.29 is 22.7 Å². The minimum Gasteiger partial charge on any atom is -0.406 e. The summed E-state index contributed by atoms with van der Waals surface area (Å²) in [6.07, 6.45) is -4.75. The van der Waals surface area contributed by atoms with Crippen LogP contribution in [0, 0.1) is 0 Å². The Morgan fingerprint density at radius 3 is 2.44 bits per heavy atom. The smallest absolute Gasteiger partial charge is 0.406 e. The van der Waals surface area contributed by atoms with Crippen molar-refractivity contribution >= 4 is 27.5 Å². The third-order valence-corrected chi connectivity index (χ3v) is 2.23. The first-order valence-corrected chi connectivity index (χ1v) is 5.73. The molecule has 0 aliphatic carbocycles. The number of hydrogen-bond acceptors (Lipinski definition) is 2. The Hall–Kier alpha value is -1.24. The van der Waals surface area contributed by atoms with E-state index in [-0.39, 0.29) is 17.3 Å². The van der Waals surface area contributed by atoms with Crippen molar-refractivity contribution in [2.45, 2.75) is 24.5 Å². The number of anilines is 1. The molecule has 0 saturated carbocycles.